The summed E-state index contributed by atoms with van der Waals surface area (Å²) in [6, 6.07) is 12.3. The Morgan fingerprint density at radius 1 is 0.875 bits per heavy atom. The first kappa shape index (κ1) is 30.5. The predicted octanol–water partition coefficient (Wildman–Crippen LogP) is 6.07. The molecule has 13 heteroatoms. The van der Waals surface area contributed by atoms with Crippen LogP contribution in [0.4, 0.5) is 36.8 Å². The van der Waals surface area contributed by atoms with Gasteiger partial charge in [0.25, 0.3) is 0 Å². The number of methoxy groups -OCH3 is 1. The molecule has 1 N–H and O–H groups in total. The van der Waals surface area contributed by atoms with Gasteiger partial charge in [0.15, 0.2) is 0 Å². The molecule has 0 aliphatic rings. The molecule has 7 nitrogen and oxygen atoms in total. The van der Waals surface area contributed by atoms with Crippen molar-refractivity contribution < 1.29 is 45.1 Å². The largest absolute Gasteiger partial charge is 0.467 e. The van der Waals surface area contributed by atoms with Crippen LogP contribution < -0.4 is 5.32 Å². The molecule has 3 aromatic rings. The molecule has 40 heavy (non-hydrogen) atoms. The lowest BCUT2D eigenvalue weighted by Gasteiger charge is -2.27. The van der Waals surface area contributed by atoms with Gasteiger partial charge in [0.05, 0.1) is 30.5 Å². The third-order valence-electron chi connectivity index (χ3n) is 5.81. The first-order valence-electron chi connectivity index (χ1n) is 12.0. The van der Waals surface area contributed by atoms with Crippen molar-refractivity contribution in [1.82, 2.24) is 9.80 Å². The van der Waals surface area contributed by atoms with Crippen LogP contribution >= 0.6 is 0 Å². The van der Waals surface area contributed by atoms with E-state index in [4.69, 9.17) is 9.15 Å². The number of halogens is 6. The quantitative estimate of drug-likeness (QED) is 0.284. The van der Waals surface area contributed by atoms with E-state index < -0.39 is 47.6 Å². The van der Waals surface area contributed by atoms with Gasteiger partial charge >= 0.3 is 18.4 Å². The number of furan rings is 1. The lowest BCUT2D eigenvalue weighted by molar-refractivity contribution is -0.143. The number of urea groups is 1. The minimum atomic E-state index is -5.09. The smallest absolute Gasteiger partial charge is 0.416 e. The van der Waals surface area contributed by atoms with Gasteiger partial charge in [-0.1, -0.05) is 30.3 Å². The maximum Gasteiger partial charge on any atom is 0.416 e. The van der Waals surface area contributed by atoms with Gasteiger partial charge in [-0.2, -0.15) is 26.3 Å². The van der Waals surface area contributed by atoms with Crippen molar-refractivity contribution in [3.8, 4) is 0 Å². The Balaban J connectivity index is 1.80. The van der Waals surface area contributed by atoms with Crippen LogP contribution in [0.25, 0.3) is 0 Å². The lowest BCUT2D eigenvalue weighted by Crippen LogP contribution is -2.46. The number of nitrogens with one attached hydrogen (secondary N) is 1. The molecule has 0 spiro atoms. The van der Waals surface area contributed by atoms with Gasteiger partial charge in [0.2, 0.25) is 5.91 Å². The number of carbonyl (C=O) groups is 2. The zero-order chi connectivity index (χ0) is 29.3. The fraction of sp³-hybridized carbons (Fsp3) is 0.333. The zero-order valence-corrected chi connectivity index (χ0v) is 21.4. The van der Waals surface area contributed by atoms with Gasteiger partial charge in [-0.25, -0.2) is 4.79 Å². The molecule has 0 bridgehead atoms. The summed E-state index contributed by atoms with van der Waals surface area (Å²) in [5, 5.41) is 2.07. The number of amides is 3. The Morgan fingerprint density at radius 3 is 2.08 bits per heavy atom. The molecule has 3 rings (SSSR count). The molecule has 1 heterocycles. The van der Waals surface area contributed by atoms with E-state index in [2.05, 4.69) is 5.32 Å². The molecular weight excluding hydrogens is 544 g/mol. The lowest BCUT2D eigenvalue weighted by atomic mass is 10.1. The highest BCUT2D eigenvalue weighted by atomic mass is 19.4. The highest BCUT2D eigenvalue weighted by Crippen LogP contribution is 2.37. The Bertz CT molecular complexity index is 1220. The molecule has 0 fully saturated rings. The van der Waals surface area contributed by atoms with Crippen LogP contribution in [0.15, 0.2) is 71.3 Å². The number of benzene rings is 2. The minimum absolute atomic E-state index is 0.0406. The molecular formula is C27H27F6N3O4. The second-order valence-corrected chi connectivity index (χ2v) is 8.77. The molecule has 0 unspecified atom stereocenters. The summed E-state index contributed by atoms with van der Waals surface area (Å²) in [6.07, 6.45) is -8.24. The number of alkyl halides is 6. The van der Waals surface area contributed by atoms with E-state index in [9.17, 15) is 35.9 Å². The highest BCUT2D eigenvalue weighted by molar-refractivity contribution is 5.92. The van der Waals surface area contributed by atoms with Gasteiger partial charge in [0, 0.05) is 25.9 Å². The molecule has 0 radical (unpaired) electrons. The molecule has 0 saturated heterocycles. The summed E-state index contributed by atoms with van der Waals surface area (Å²) in [5.41, 5.74) is -2.93. The fourth-order valence-corrected chi connectivity index (χ4v) is 3.74. The summed E-state index contributed by atoms with van der Waals surface area (Å²) in [7, 11) is 1.34. The van der Waals surface area contributed by atoms with Crippen molar-refractivity contribution >= 4 is 17.6 Å². The summed E-state index contributed by atoms with van der Waals surface area (Å²) in [4.78, 5) is 28.7. The second-order valence-electron chi connectivity index (χ2n) is 8.77. The number of anilines is 1. The minimum Gasteiger partial charge on any atom is -0.467 e. The Morgan fingerprint density at radius 2 is 1.52 bits per heavy atom. The zero-order valence-electron chi connectivity index (χ0n) is 21.4. The molecule has 2 aromatic carbocycles. The number of rotatable bonds is 11. The fourth-order valence-electron chi connectivity index (χ4n) is 3.74. The van der Waals surface area contributed by atoms with Gasteiger partial charge in [-0.05, 0) is 42.3 Å². The topological polar surface area (TPSA) is 75.0 Å². The van der Waals surface area contributed by atoms with Crippen molar-refractivity contribution in [2.75, 3.05) is 38.7 Å². The molecule has 0 atom stereocenters. The van der Waals surface area contributed by atoms with Crippen molar-refractivity contribution in [2.45, 2.75) is 25.3 Å². The van der Waals surface area contributed by atoms with Gasteiger partial charge in [-0.15, -0.1) is 0 Å². The average molecular weight is 572 g/mol. The van der Waals surface area contributed by atoms with E-state index in [1.54, 1.807) is 12.1 Å². The first-order valence-corrected chi connectivity index (χ1v) is 12.0. The normalized spacial score (nSPS) is 11.8. The molecule has 216 valence electrons. The molecule has 3 amide bonds. The third kappa shape index (κ3) is 9.04. The van der Waals surface area contributed by atoms with Crippen LogP contribution in [-0.2, 0) is 34.8 Å². The van der Waals surface area contributed by atoms with Crippen molar-refractivity contribution in [3.05, 3.63) is 89.4 Å². The van der Waals surface area contributed by atoms with Crippen molar-refractivity contribution in [2.24, 2.45) is 0 Å². The summed E-state index contributed by atoms with van der Waals surface area (Å²) < 4.78 is 89.8. The first-order chi connectivity index (χ1) is 18.9. The van der Waals surface area contributed by atoms with Crippen LogP contribution in [0, 0.1) is 0 Å². The summed E-state index contributed by atoms with van der Waals surface area (Å²) in [5.74, 6) is -0.0310. The summed E-state index contributed by atoms with van der Waals surface area (Å²) >= 11 is 0. The molecule has 0 aliphatic heterocycles. The van der Waals surface area contributed by atoms with E-state index in [0.717, 1.165) is 10.5 Å². The Labute approximate surface area is 226 Å². The standard InChI is InChI=1S/C27H27F6N3O4/c1-39-13-11-36(25(38)34-22-15-20(26(28,29)30)14-21(16-22)27(31,32)33)18-24(37)35(17-23-8-5-12-40-23)10-9-19-6-3-2-4-7-19/h2-8,12,14-16H,9-11,13,17-18H2,1H3,(H,34,38). The maximum absolute atomic E-state index is 13.3. The monoisotopic (exact) mass is 571 g/mol. The van der Waals surface area contributed by atoms with Gasteiger partial charge < -0.3 is 24.3 Å². The molecule has 1 aromatic heterocycles. The highest BCUT2D eigenvalue weighted by Gasteiger charge is 2.37. The van der Waals surface area contributed by atoms with Crippen LogP contribution in [-0.4, -0.2) is 55.1 Å². The predicted molar refractivity (Wildman–Crippen MR) is 133 cm³/mol. The third-order valence-corrected chi connectivity index (χ3v) is 5.81. The van der Waals surface area contributed by atoms with Crippen LogP contribution in [0.3, 0.4) is 0 Å². The van der Waals surface area contributed by atoms with Crippen LogP contribution in [0.2, 0.25) is 0 Å². The van der Waals surface area contributed by atoms with E-state index in [1.165, 1.54) is 18.3 Å². The Kier molecular flexibility index (Phi) is 10.2. The van der Waals surface area contributed by atoms with Crippen molar-refractivity contribution in [3.63, 3.8) is 0 Å². The number of ether oxygens (including phenoxy) is 1. The van der Waals surface area contributed by atoms with E-state index >= 15 is 0 Å². The SMILES string of the molecule is COCCN(CC(=O)N(CCc1ccccc1)Cc1ccco1)C(=O)Nc1cc(C(F)(F)F)cc(C(F)(F)F)c1. The Hall–Kier alpha value is -4.00. The number of nitrogens with zero attached hydrogens (tertiary/aromatic N) is 2. The second kappa shape index (κ2) is 13.4. The molecule has 0 saturated carbocycles. The number of hydrogen-bond acceptors (Lipinski definition) is 4. The van der Waals surface area contributed by atoms with Crippen LogP contribution in [0.5, 0.6) is 0 Å². The van der Waals surface area contributed by atoms with Crippen LogP contribution in [0.1, 0.15) is 22.5 Å². The number of carbonyl (C=O) groups excluding carboxylic acids is 2. The van der Waals surface area contributed by atoms with E-state index in [1.807, 2.05) is 30.3 Å². The van der Waals surface area contributed by atoms with E-state index in [-0.39, 0.29) is 32.3 Å². The van der Waals surface area contributed by atoms with Crippen molar-refractivity contribution in [1.29, 1.82) is 0 Å². The van der Waals surface area contributed by atoms with Gasteiger partial charge in [-0.3, -0.25) is 4.79 Å². The maximum atomic E-state index is 13.3. The van der Waals surface area contributed by atoms with Gasteiger partial charge in [0.1, 0.15) is 12.3 Å². The average Bonchev–Trinajstić information content (AvgIpc) is 3.41. The summed E-state index contributed by atoms with van der Waals surface area (Å²) in [6.45, 7) is -0.381. The van der Waals surface area contributed by atoms with E-state index in [0.29, 0.717) is 24.3 Å². The molecule has 0 aliphatic carbocycles. The number of hydrogen-bond donors (Lipinski definition) is 1.